The molecular weight excluding hydrogens is 212 g/mol. The second kappa shape index (κ2) is 4.20. The molecule has 1 aromatic carbocycles. The molecule has 0 aromatic heterocycles. The minimum absolute atomic E-state index is 0.430. The summed E-state index contributed by atoms with van der Waals surface area (Å²) >= 11 is 0. The van der Waals surface area contributed by atoms with Crippen molar-refractivity contribution in [3.63, 3.8) is 0 Å². The van der Waals surface area contributed by atoms with Gasteiger partial charge in [0, 0.05) is 17.8 Å². The van der Waals surface area contributed by atoms with Gasteiger partial charge in [-0.05, 0) is 30.9 Å². The molecule has 0 saturated heterocycles. The number of rotatable bonds is 1. The molecule has 0 aliphatic carbocycles. The first kappa shape index (κ1) is 11.0. The van der Waals surface area contributed by atoms with Gasteiger partial charge in [-0.2, -0.15) is 0 Å². The molecule has 0 saturated carbocycles. The highest BCUT2D eigenvalue weighted by Gasteiger charge is 2.16. The Morgan fingerprint density at radius 3 is 2.44 bits per heavy atom. The largest absolute Gasteiger partial charge is 0.503 e. The summed E-state index contributed by atoms with van der Waals surface area (Å²) in [6, 6.07) is 2.26. The van der Waals surface area contributed by atoms with Crippen LogP contribution in [0.2, 0.25) is 0 Å². The van der Waals surface area contributed by atoms with Crippen molar-refractivity contribution in [3.8, 4) is 5.75 Å². The third-order valence-corrected chi connectivity index (χ3v) is 2.82. The summed E-state index contributed by atoms with van der Waals surface area (Å²) < 4.78 is 26.3. The molecule has 1 atom stereocenters. The first-order chi connectivity index (χ1) is 7.58. The molecule has 0 spiro atoms. The number of aliphatic imine (C=N–C) groups is 1. The van der Waals surface area contributed by atoms with Crippen LogP contribution in [-0.2, 0) is 0 Å². The van der Waals surface area contributed by atoms with Crippen LogP contribution in [0, 0.1) is 17.6 Å². The number of aromatic hydroxyl groups is 1. The average Bonchev–Trinajstić information content (AvgIpc) is 2.26. The van der Waals surface area contributed by atoms with Crippen LogP contribution in [-0.4, -0.2) is 17.4 Å². The van der Waals surface area contributed by atoms with Gasteiger partial charge in [0.2, 0.25) is 0 Å². The predicted molar refractivity (Wildman–Crippen MR) is 57.8 cm³/mol. The Morgan fingerprint density at radius 1 is 1.31 bits per heavy atom. The molecular formula is C12H13F2NO. The monoisotopic (exact) mass is 225 g/mol. The van der Waals surface area contributed by atoms with Crippen molar-refractivity contribution in [1.82, 2.24) is 0 Å². The minimum atomic E-state index is -0.934. The Hall–Kier alpha value is -1.45. The molecule has 1 aliphatic rings. The molecule has 1 heterocycles. The van der Waals surface area contributed by atoms with Crippen molar-refractivity contribution in [2.24, 2.45) is 10.9 Å². The van der Waals surface area contributed by atoms with Gasteiger partial charge in [0.05, 0.1) is 0 Å². The van der Waals surface area contributed by atoms with Gasteiger partial charge in [0.1, 0.15) is 0 Å². The van der Waals surface area contributed by atoms with Gasteiger partial charge in [0.25, 0.3) is 0 Å². The third kappa shape index (κ3) is 2.05. The van der Waals surface area contributed by atoms with Gasteiger partial charge < -0.3 is 5.11 Å². The zero-order valence-corrected chi connectivity index (χ0v) is 9.00. The number of hydrogen-bond acceptors (Lipinski definition) is 2. The lowest BCUT2D eigenvalue weighted by Gasteiger charge is -2.17. The van der Waals surface area contributed by atoms with Crippen LogP contribution < -0.4 is 0 Å². The van der Waals surface area contributed by atoms with Crippen molar-refractivity contribution in [1.29, 1.82) is 0 Å². The number of phenols is 1. The Bertz CT molecular complexity index is 420. The lowest BCUT2D eigenvalue weighted by atomic mass is 9.96. The van der Waals surface area contributed by atoms with E-state index in [1.54, 1.807) is 0 Å². The van der Waals surface area contributed by atoms with Crippen molar-refractivity contribution >= 4 is 5.71 Å². The van der Waals surface area contributed by atoms with Crippen LogP contribution in [0.15, 0.2) is 17.1 Å². The maximum Gasteiger partial charge on any atom is 0.187 e. The van der Waals surface area contributed by atoms with E-state index in [-0.39, 0.29) is 0 Å². The first-order valence-electron chi connectivity index (χ1n) is 5.29. The fourth-order valence-corrected chi connectivity index (χ4v) is 1.79. The molecule has 16 heavy (non-hydrogen) atoms. The Morgan fingerprint density at radius 2 is 1.94 bits per heavy atom. The van der Waals surface area contributed by atoms with E-state index in [1.807, 2.05) is 0 Å². The molecule has 1 N–H and O–H groups in total. The number of benzene rings is 1. The number of halogens is 2. The third-order valence-electron chi connectivity index (χ3n) is 2.82. The summed E-state index contributed by atoms with van der Waals surface area (Å²) in [4.78, 5) is 4.29. The SMILES string of the molecule is CC1CCC(c2cc(F)c(O)c(F)c2)=NC1. The molecule has 86 valence electrons. The van der Waals surface area contributed by atoms with Crippen LogP contribution in [0.25, 0.3) is 0 Å². The molecule has 0 fully saturated rings. The second-order valence-corrected chi connectivity index (χ2v) is 4.22. The summed E-state index contributed by atoms with van der Waals surface area (Å²) in [5.41, 5.74) is 1.15. The average molecular weight is 225 g/mol. The smallest absolute Gasteiger partial charge is 0.187 e. The fraction of sp³-hybridized carbons (Fsp3) is 0.417. The summed E-state index contributed by atoms with van der Waals surface area (Å²) in [6.07, 6.45) is 1.70. The Balaban J connectivity index is 2.35. The molecule has 2 nitrogen and oxygen atoms in total. The normalized spacial score (nSPS) is 20.7. The maximum atomic E-state index is 13.1. The summed E-state index contributed by atoms with van der Waals surface area (Å²) in [6.45, 7) is 2.79. The van der Waals surface area contributed by atoms with Crippen molar-refractivity contribution < 1.29 is 13.9 Å². The van der Waals surface area contributed by atoms with Gasteiger partial charge in [-0.1, -0.05) is 6.92 Å². The van der Waals surface area contributed by atoms with E-state index in [2.05, 4.69) is 11.9 Å². The lowest BCUT2D eigenvalue weighted by molar-refractivity contribution is 0.396. The highest BCUT2D eigenvalue weighted by Crippen LogP contribution is 2.24. The molecule has 0 bridgehead atoms. The number of nitrogens with zero attached hydrogens (tertiary/aromatic N) is 1. The van der Waals surface area contributed by atoms with Crippen molar-refractivity contribution in [2.45, 2.75) is 19.8 Å². The fourth-order valence-electron chi connectivity index (χ4n) is 1.79. The van der Waals surface area contributed by atoms with Gasteiger partial charge >= 0.3 is 0 Å². The predicted octanol–water partition coefficient (Wildman–Crippen LogP) is 2.89. The quantitative estimate of drug-likeness (QED) is 0.783. The molecule has 0 amide bonds. The van der Waals surface area contributed by atoms with Gasteiger partial charge in [0.15, 0.2) is 17.4 Å². The van der Waals surface area contributed by atoms with E-state index >= 15 is 0 Å². The van der Waals surface area contributed by atoms with E-state index < -0.39 is 17.4 Å². The van der Waals surface area contributed by atoms with E-state index in [0.717, 1.165) is 30.7 Å². The Kier molecular flexibility index (Phi) is 2.90. The zero-order valence-electron chi connectivity index (χ0n) is 9.00. The van der Waals surface area contributed by atoms with Crippen molar-refractivity contribution in [3.05, 3.63) is 29.3 Å². The van der Waals surface area contributed by atoms with E-state index in [9.17, 15) is 8.78 Å². The van der Waals surface area contributed by atoms with Crippen LogP contribution >= 0.6 is 0 Å². The van der Waals surface area contributed by atoms with Crippen LogP contribution in [0.3, 0.4) is 0 Å². The van der Waals surface area contributed by atoms with E-state index in [0.29, 0.717) is 18.0 Å². The van der Waals surface area contributed by atoms with E-state index in [1.165, 1.54) is 0 Å². The summed E-state index contributed by atoms with van der Waals surface area (Å²) in [5, 5.41) is 8.98. The number of hydrogen-bond donors (Lipinski definition) is 1. The van der Waals surface area contributed by atoms with E-state index in [4.69, 9.17) is 5.11 Å². The van der Waals surface area contributed by atoms with Gasteiger partial charge in [-0.3, -0.25) is 4.99 Å². The highest BCUT2D eigenvalue weighted by atomic mass is 19.1. The Labute approximate surface area is 92.6 Å². The van der Waals surface area contributed by atoms with Crippen LogP contribution in [0.5, 0.6) is 5.75 Å². The summed E-state index contributed by atoms with van der Waals surface area (Å²) in [5.74, 6) is -2.27. The van der Waals surface area contributed by atoms with Crippen molar-refractivity contribution in [2.75, 3.05) is 6.54 Å². The molecule has 4 heteroatoms. The molecule has 2 rings (SSSR count). The number of phenolic OH excluding ortho intramolecular Hbond substituents is 1. The first-order valence-corrected chi connectivity index (χ1v) is 5.29. The van der Waals surface area contributed by atoms with Crippen LogP contribution in [0.4, 0.5) is 8.78 Å². The zero-order chi connectivity index (χ0) is 11.7. The molecule has 1 aromatic rings. The maximum absolute atomic E-state index is 13.1. The standard InChI is InChI=1S/C12H13F2NO/c1-7-2-3-11(15-6-7)8-4-9(13)12(16)10(14)5-8/h4-5,7,16H,2-3,6H2,1H3. The molecule has 0 radical (unpaired) electrons. The highest BCUT2D eigenvalue weighted by molar-refractivity contribution is 6.01. The van der Waals surface area contributed by atoms with Crippen LogP contribution in [0.1, 0.15) is 25.3 Å². The molecule has 1 aliphatic heterocycles. The minimum Gasteiger partial charge on any atom is -0.503 e. The summed E-state index contributed by atoms with van der Waals surface area (Å²) in [7, 11) is 0. The van der Waals surface area contributed by atoms with Gasteiger partial charge in [-0.25, -0.2) is 8.78 Å². The second-order valence-electron chi connectivity index (χ2n) is 4.22. The molecule has 1 unspecified atom stereocenters. The lowest BCUT2D eigenvalue weighted by Crippen LogP contribution is -2.14. The topological polar surface area (TPSA) is 32.6 Å². The van der Waals surface area contributed by atoms with Gasteiger partial charge in [-0.15, -0.1) is 0 Å².